The highest BCUT2D eigenvalue weighted by atomic mass is 32.1. The van der Waals surface area contributed by atoms with Gasteiger partial charge in [0.2, 0.25) is 0 Å². The topological polar surface area (TPSA) is 0 Å². The lowest BCUT2D eigenvalue weighted by Gasteiger charge is -2.18. The standard InChI is InChI=1S/C44H26S2/c1-2-12-28(13-3-1)38-26-45-40-25-37-41(24-36(38)40)46-39-20-10-19-35(44(37)39)43-33-17-8-6-15-31(33)42(32-16-7-9-18-34(32)43)30-22-21-27-11-4-5-14-29(27)23-30/h1-26H. The number of hydrogen-bond donors (Lipinski definition) is 0. The lowest BCUT2D eigenvalue weighted by atomic mass is 9.84. The molecule has 0 amide bonds. The van der Waals surface area contributed by atoms with Crippen LogP contribution in [-0.2, 0) is 0 Å². The molecule has 0 aliphatic heterocycles. The van der Waals surface area contributed by atoms with Crippen molar-refractivity contribution in [2.45, 2.75) is 0 Å². The fourth-order valence-electron chi connectivity index (χ4n) is 7.47. The Morgan fingerprint density at radius 3 is 1.76 bits per heavy atom. The molecule has 2 aromatic heterocycles. The molecule has 2 heteroatoms. The van der Waals surface area contributed by atoms with Gasteiger partial charge in [0.25, 0.3) is 0 Å². The Bertz CT molecular complexity index is 2740. The first-order valence-corrected chi connectivity index (χ1v) is 17.4. The van der Waals surface area contributed by atoms with Gasteiger partial charge in [0, 0.05) is 35.8 Å². The number of rotatable bonds is 3. The molecule has 0 nitrogen and oxygen atoms in total. The minimum absolute atomic E-state index is 1.26. The summed E-state index contributed by atoms with van der Waals surface area (Å²) in [7, 11) is 0. The van der Waals surface area contributed by atoms with Crippen LogP contribution in [0.25, 0.3) is 96.0 Å². The Hall–Kier alpha value is -5.28. The average Bonchev–Trinajstić information content (AvgIpc) is 3.70. The molecule has 0 bridgehead atoms. The molecule has 8 aromatic carbocycles. The van der Waals surface area contributed by atoms with Gasteiger partial charge in [-0.2, -0.15) is 0 Å². The largest absolute Gasteiger partial charge is 0.143 e. The molecule has 2 heterocycles. The van der Waals surface area contributed by atoms with E-state index in [-0.39, 0.29) is 0 Å². The van der Waals surface area contributed by atoms with Crippen LogP contribution >= 0.6 is 22.7 Å². The zero-order valence-electron chi connectivity index (χ0n) is 24.8. The van der Waals surface area contributed by atoms with Crippen molar-refractivity contribution in [3.8, 4) is 33.4 Å². The molecular formula is C44H26S2. The van der Waals surface area contributed by atoms with Crippen LogP contribution < -0.4 is 0 Å². The van der Waals surface area contributed by atoms with E-state index in [1.54, 1.807) is 0 Å². The first-order chi connectivity index (χ1) is 22.8. The minimum Gasteiger partial charge on any atom is -0.143 e. The van der Waals surface area contributed by atoms with Crippen LogP contribution in [0.15, 0.2) is 157 Å². The highest BCUT2D eigenvalue weighted by molar-refractivity contribution is 7.26. The summed E-state index contributed by atoms with van der Waals surface area (Å²) in [5.41, 5.74) is 7.78. The highest BCUT2D eigenvalue weighted by Crippen LogP contribution is 2.49. The van der Waals surface area contributed by atoms with E-state index < -0.39 is 0 Å². The van der Waals surface area contributed by atoms with E-state index >= 15 is 0 Å². The van der Waals surface area contributed by atoms with E-state index in [0.29, 0.717) is 0 Å². The van der Waals surface area contributed by atoms with Crippen molar-refractivity contribution in [1.29, 1.82) is 0 Å². The van der Waals surface area contributed by atoms with Crippen molar-refractivity contribution in [1.82, 2.24) is 0 Å². The van der Waals surface area contributed by atoms with Gasteiger partial charge in [-0.3, -0.25) is 0 Å². The van der Waals surface area contributed by atoms with Crippen molar-refractivity contribution < 1.29 is 0 Å². The van der Waals surface area contributed by atoms with Gasteiger partial charge < -0.3 is 0 Å². The summed E-state index contributed by atoms with van der Waals surface area (Å²) in [6, 6.07) is 56.1. The third-order valence-electron chi connectivity index (χ3n) is 9.51. The SMILES string of the molecule is c1ccc(-c2csc3cc4c(cc23)sc2cccc(-c3c5ccccc5c(-c5ccc6ccccc6c5)c5ccccc35)c24)cc1. The van der Waals surface area contributed by atoms with Crippen molar-refractivity contribution >= 4 is 85.2 Å². The lowest BCUT2D eigenvalue weighted by Crippen LogP contribution is -1.91. The minimum atomic E-state index is 1.26. The Kier molecular flexibility index (Phi) is 5.72. The maximum Gasteiger partial charge on any atom is 0.0362 e. The summed E-state index contributed by atoms with van der Waals surface area (Å²) in [6.45, 7) is 0. The molecule has 0 aliphatic rings. The lowest BCUT2D eigenvalue weighted by molar-refractivity contribution is 1.69. The fourth-order valence-corrected chi connectivity index (χ4v) is 9.61. The quantitative estimate of drug-likeness (QED) is 0.173. The van der Waals surface area contributed by atoms with Crippen LogP contribution in [0.1, 0.15) is 0 Å². The molecule has 0 unspecified atom stereocenters. The fraction of sp³-hybridized carbons (Fsp3) is 0. The number of thiophene rings is 2. The molecule has 0 radical (unpaired) electrons. The van der Waals surface area contributed by atoms with E-state index in [1.165, 1.54) is 96.0 Å². The Balaban J connectivity index is 1.28. The molecule has 0 aliphatic carbocycles. The second-order valence-electron chi connectivity index (χ2n) is 12.0. The van der Waals surface area contributed by atoms with E-state index in [4.69, 9.17) is 0 Å². The average molecular weight is 619 g/mol. The van der Waals surface area contributed by atoms with Gasteiger partial charge in [0.15, 0.2) is 0 Å². The van der Waals surface area contributed by atoms with Crippen LogP contribution in [0.2, 0.25) is 0 Å². The van der Waals surface area contributed by atoms with Crippen LogP contribution in [0.5, 0.6) is 0 Å². The van der Waals surface area contributed by atoms with Gasteiger partial charge >= 0.3 is 0 Å². The van der Waals surface area contributed by atoms with Crippen LogP contribution in [0, 0.1) is 0 Å². The summed E-state index contributed by atoms with van der Waals surface area (Å²) in [5, 5.41) is 14.0. The molecular weight excluding hydrogens is 593 g/mol. The first-order valence-electron chi connectivity index (χ1n) is 15.7. The predicted octanol–water partition coefficient (Wildman–Crippen LogP) is 13.7. The van der Waals surface area contributed by atoms with Crippen LogP contribution in [0.3, 0.4) is 0 Å². The number of hydrogen-bond acceptors (Lipinski definition) is 2. The van der Waals surface area contributed by atoms with Gasteiger partial charge in [0.05, 0.1) is 0 Å². The maximum atomic E-state index is 2.44. The van der Waals surface area contributed by atoms with Crippen molar-refractivity contribution in [3.63, 3.8) is 0 Å². The maximum absolute atomic E-state index is 2.44. The summed E-state index contributed by atoms with van der Waals surface area (Å²) < 4.78 is 4.01. The zero-order chi connectivity index (χ0) is 30.2. The first kappa shape index (κ1) is 26.0. The van der Waals surface area contributed by atoms with E-state index in [1.807, 2.05) is 22.7 Å². The molecule has 0 N–H and O–H groups in total. The molecule has 214 valence electrons. The molecule has 0 spiro atoms. The van der Waals surface area contributed by atoms with Gasteiger partial charge in [-0.25, -0.2) is 0 Å². The van der Waals surface area contributed by atoms with Crippen molar-refractivity contribution in [2.75, 3.05) is 0 Å². The van der Waals surface area contributed by atoms with Crippen LogP contribution in [-0.4, -0.2) is 0 Å². The smallest absolute Gasteiger partial charge is 0.0362 e. The van der Waals surface area contributed by atoms with E-state index in [0.717, 1.165) is 0 Å². The third kappa shape index (κ3) is 3.84. The van der Waals surface area contributed by atoms with Crippen molar-refractivity contribution in [3.05, 3.63) is 157 Å². The normalized spacial score (nSPS) is 11.9. The molecule has 10 aromatic rings. The van der Waals surface area contributed by atoms with Crippen LogP contribution in [0.4, 0.5) is 0 Å². The Morgan fingerprint density at radius 1 is 0.348 bits per heavy atom. The number of benzene rings is 8. The molecule has 0 saturated carbocycles. The second kappa shape index (κ2) is 10.1. The predicted molar refractivity (Wildman–Crippen MR) is 204 cm³/mol. The molecule has 0 atom stereocenters. The summed E-state index contributed by atoms with van der Waals surface area (Å²) in [6.07, 6.45) is 0. The van der Waals surface area contributed by atoms with Crippen molar-refractivity contribution in [2.24, 2.45) is 0 Å². The van der Waals surface area contributed by atoms with Gasteiger partial charge in [0.1, 0.15) is 0 Å². The van der Waals surface area contributed by atoms with E-state index in [9.17, 15) is 0 Å². The summed E-state index contributed by atoms with van der Waals surface area (Å²) in [4.78, 5) is 0. The Morgan fingerprint density at radius 2 is 1.00 bits per heavy atom. The molecule has 0 fully saturated rings. The molecule has 0 saturated heterocycles. The van der Waals surface area contributed by atoms with Gasteiger partial charge in [-0.15, -0.1) is 22.7 Å². The number of fused-ring (bicyclic) bond motifs is 7. The third-order valence-corrected chi connectivity index (χ3v) is 11.6. The van der Waals surface area contributed by atoms with Gasteiger partial charge in [-0.1, -0.05) is 127 Å². The molecule has 46 heavy (non-hydrogen) atoms. The summed E-state index contributed by atoms with van der Waals surface area (Å²) >= 11 is 3.76. The monoisotopic (exact) mass is 618 g/mol. The summed E-state index contributed by atoms with van der Waals surface area (Å²) in [5.74, 6) is 0. The zero-order valence-corrected chi connectivity index (χ0v) is 26.5. The molecule has 10 rings (SSSR count). The Labute approximate surface area is 274 Å². The van der Waals surface area contributed by atoms with Gasteiger partial charge in [-0.05, 0) is 89.8 Å². The van der Waals surface area contributed by atoms with E-state index in [2.05, 4.69) is 157 Å². The highest BCUT2D eigenvalue weighted by Gasteiger charge is 2.20. The second-order valence-corrected chi connectivity index (χ2v) is 14.0.